The first kappa shape index (κ1) is 12.7. The molecule has 0 aliphatic carbocycles. The third kappa shape index (κ3) is 2.94. The number of benzene rings is 1. The monoisotopic (exact) mass is 281 g/mol. The molecule has 92 valence electrons. The zero-order chi connectivity index (χ0) is 13.1. The Morgan fingerprint density at radius 1 is 1.28 bits per heavy atom. The van der Waals surface area contributed by atoms with Gasteiger partial charge in [-0.2, -0.15) is 0 Å². The van der Waals surface area contributed by atoms with Gasteiger partial charge in [0.2, 0.25) is 0 Å². The summed E-state index contributed by atoms with van der Waals surface area (Å²) >= 11 is 10.4. The van der Waals surface area contributed by atoms with Crippen LogP contribution in [0.1, 0.15) is 5.69 Å². The Kier molecular flexibility index (Phi) is 3.74. The molecule has 0 atom stereocenters. The molecule has 0 amide bonds. The number of pyridine rings is 1. The Morgan fingerprint density at radius 2 is 2.00 bits per heavy atom. The lowest BCUT2D eigenvalue weighted by Crippen LogP contribution is -2.11. The second-order valence-corrected chi connectivity index (χ2v) is 4.40. The van der Waals surface area contributed by atoms with Gasteiger partial charge in [-0.3, -0.25) is 4.98 Å². The molecule has 3 nitrogen and oxygen atoms in total. The highest BCUT2D eigenvalue weighted by Crippen LogP contribution is 2.21. The predicted octanol–water partition coefficient (Wildman–Crippen LogP) is 3.25. The first-order valence-electron chi connectivity index (χ1n) is 5.04. The van der Waals surface area contributed by atoms with E-state index in [2.05, 4.69) is 10.3 Å². The fourth-order valence-corrected chi connectivity index (χ4v) is 1.59. The minimum Gasteiger partial charge on any atom is -0.388 e. The van der Waals surface area contributed by atoms with Crippen molar-refractivity contribution in [2.24, 2.45) is 5.73 Å². The van der Waals surface area contributed by atoms with Gasteiger partial charge in [-0.15, -0.1) is 0 Å². The molecule has 1 heterocycles. The van der Waals surface area contributed by atoms with Crippen LogP contribution in [0.15, 0.2) is 36.5 Å². The van der Waals surface area contributed by atoms with Crippen LogP contribution in [0, 0.1) is 5.82 Å². The number of nitrogens with two attached hydrogens (primary N) is 1. The molecule has 0 saturated carbocycles. The van der Waals surface area contributed by atoms with Crippen LogP contribution in [-0.4, -0.2) is 9.97 Å². The second kappa shape index (κ2) is 5.29. The first-order valence-corrected chi connectivity index (χ1v) is 5.83. The molecule has 18 heavy (non-hydrogen) atoms. The van der Waals surface area contributed by atoms with E-state index in [-0.39, 0.29) is 10.0 Å². The summed E-state index contributed by atoms with van der Waals surface area (Å²) in [4.78, 5) is 4.30. The number of nitrogens with zero attached hydrogens (tertiary/aromatic N) is 1. The number of thiocarbonyl (C=S) groups is 1. The van der Waals surface area contributed by atoms with Crippen LogP contribution in [-0.2, 0) is 0 Å². The van der Waals surface area contributed by atoms with E-state index in [4.69, 9.17) is 29.6 Å². The van der Waals surface area contributed by atoms with Crippen LogP contribution in [0.3, 0.4) is 0 Å². The van der Waals surface area contributed by atoms with Crippen molar-refractivity contribution in [3.8, 4) is 0 Å². The van der Waals surface area contributed by atoms with Crippen molar-refractivity contribution in [3.05, 3.63) is 53.1 Å². The zero-order valence-corrected chi connectivity index (χ0v) is 10.7. The topological polar surface area (TPSA) is 50.9 Å². The fraction of sp³-hybridized carbons (Fsp3) is 0. The molecule has 1 aromatic heterocycles. The van der Waals surface area contributed by atoms with E-state index < -0.39 is 5.82 Å². The quantitative estimate of drug-likeness (QED) is 0.848. The van der Waals surface area contributed by atoms with Gasteiger partial charge in [0.25, 0.3) is 0 Å². The highest BCUT2D eigenvalue weighted by atomic mass is 35.5. The van der Waals surface area contributed by atoms with Crippen molar-refractivity contribution in [1.29, 1.82) is 0 Å². The minimum absolute atomic E-state index is 0.0857. The van der Waals surface area contributed by atoms with E-state index in [0.717, 1.165) is 0 Å². The highest BCUT2D eigenvalue weighted by Gasteiger charge is 2.02. The summed E-state index contributed by atoms with van der Waals surface area (Å²) in [7, 11) is 0. The molecule has 0 aliphatic heterocycles. The molecule has 2 aromatic rings. The smallest absolute Gasteiger partial charge is 0.143 e. The number of hydrogen-bond donors (Lipinski definition) is 2. The average molecular weight is 282 g/mol. The van der Waals surface area contributed by atoms with Crippen LogP contribution >= 0.6 is 23.8 Å². The van der Waals surface area contributed by atoms with E-state index in [9.17, 15) is 4.39 Å². The molecule has 0 unspecified atom stereocenters. The molecule has 2 rings (SSSR count). The van der Waals surface area contributed by atoms with Gasteiger partial charge in [0.15, 0.2) is 0 Å². The lowest BCUT2D eigenvalue weighted by atomic mass is 10.3. The van der Waals surface area contributed by atoms with Crippen molar-refractivity contribution >= 4 is 40.2 Å². The summed E-state index contributed by atoms with van der Waals surface area (Å²) in [5.41, 5.74) is 7.27. The molecule has 0 aliphatic rings. The summed E-state index contributed by atoms with van der Waals surface area (Å²) in [5.74, 6) is -0.477. The summed E-state index contributed by atoms with van der Waals surface area (Å²) in [5, 5.41) is 3.08. The Balaban J connectivity index is 2.18. The Bertz CT molecular complexity index is 586. The van der Waals surface area contributed by atoms with Gasteiger partial charge in [0.05, 0.1) is 22.6 Å². The van der Waals surface area contributed by atoms with Gasteiger partial charge in [-0.25, -0.2) is 4.39 Å². The summed E-state index contributed by atoms with van der Waals surface area (Å²) < 4.78 is 13.2. The Morgan fingerprint density at radius 3 is 2.56 bits per heavy atom. The lowest BCUT2D eigenvalue weighted by Gasteiger charge is -2.07. The Hall–Kier alpha value is -1.72. The number of nitrogens with one attached hydrogen (secondary N) is 1. The molecule has 0 bridgehead atoms. The molecule has 1 aromatic carbocycles. The van der Waals surface area contributed by atoms with Crippen molar-refractivity contribution in [3.63, 3.8) is 0 Å². The number of hydrogen-bond acceptors (Lipinski definition) is 3. The molecule has 0 saturated heterocycles. The van der Waals surface area contributed by atoms with E-state index in [1.54, 1.807) is 24.4 Å². The van der Waals surface area contributed by atoms with Crippen LogP contribution in [0.5, 0.6) is 0 Å². The maximum atomic E-state index is 13.2. The maximum absolute atomic E-state index is 13.2. The Labute approximate surface area is 114 Å². The zero-order valence-electron chi connectivity index (χ0n) is 9.15. The largest absolute Gasteiger partial charge is 0.388 e. The summed E-state index contributed by atoms with van der Waals surface area (Å²) in [6.45, 7) is 0. The number of aromatic nitrogens is 1. The van der Waals surface area contributed by atoms with E-state index in [0.29, 0.717) is 17.1 Å². The van der Waals surface area contributed by atoms with Gasteiger partial charge in [0, 0.05) is 5.69 Å². The molecule has 0 spiro atoms. The van der Waals surface area contributed by atoms with Gasteiger partial charge >= 0.3 is 0 Å². The van der Waals surface area contributed by atoms with Crippen molar-refractivity contribution < 1.29 is 4.39 Å². The van der Waals surface area contributed by atoms with Gasteiger partial charge in [0.1, 0.15) is 10.8 Å². The van der Waals surface area contributed by atoms with Crippen LogP contribution < -0.4 is 11.1 Å². The molecule has 0 radical (unpaired) electrons. The normalized spacial score (nSPS) is 10.1. The molecule has 0 fully saturated rings. The van der Waals surface area contributed by atoms with E-state index in [1.165, 1.54) is 12.1 Å². The maximum Gasteiger partial charge on any atom is 0.143 e. The molecule has 3 N–H and O–H groups in total. The van der Waals surface area contributed by atoms with Crippen LogP contribution in [0.4, 0.5) is 15.8 Å². The van der Waals surface area contributed by atoms with Crippen LogP contribution in [0.2, 0.25) is 5.02 Å². The number of anilines is 2. The first-order chi connectivity index (χ1) is 8.56. The highest BCUT2D eigenvalue weighted by molar-refractivity contribution is 7.80. The fourth-order valence-electron chi connectivity index (χ4n) is 1.35. The second-order valence-electron chi connectivity index (χ2n) is 3.55. The number of halogens is 2. The SMILES string of the molecule is NC(=S)c1ccc(Nc2ccc(Cl)c(F)c2)cn1. The molecular formula is C12H9ClFN3S. The predicted molar refractivity (Wildman–Crippen MR) is 74.8 cm³/mol. The van der Waals surface area contributed by atoms with Crippen molar-refractivity contribution in [2.75, 3.05) is 5.32 Å². The van der Waals surface area contributed by atoms with Gasteiger partial charge in [-0.05, 0) is 30.3 Å². The van der Waals surface area contributed by atoms with E-state index in [1.807, 2.05) is 0 Å². The third-order valence-electron chi connectivity index (χ3n) is 2.22. The molecule has 6 heteroatoms. The van der Waals surface area contributed by atoms with Crippen LogP contribution in [0.25, 0.3) is 0 Å². The standard InChI is InChI=1S/C12H9ClFN3S/c13-9-3-1-7(5-10(9)14)17-8-2-4-11(12(15)18)16-6-8/h1-6,17H,(H2,15,18). The average Bonchev–Trinajstić information content (AvgIpc) is 2.34. The van der Waals surface area contributed by atoms with Gasteiger partial charge in [-0.1, -0.05) is 23.8 Å². The minimum atomic E-state index is -0.477. The molecular weight excluding hydrogens is 273 g/mol. The third-order valence-corrected chi connectivity index (χ3v) is 2.74. The van der Waals surface area contributed by atoms with E-state index >= 15 is 0 Å². The van der Waals surface area contributed by atoms with Crippen molar-refractivity contribution in [1.82, 2.24) is 4.98 Å². The number of rotatable bonds is 3. The summed E-state index contributed by atoms with van der Waals surface area (Å²) in [6, 6.07) is 7.91. The summed E-state index contributed by atoms with van der Waals surface area (Å²) in [6.07, 6.45) is 1.57. The van der Waals surface area contributed by atoms with Gasteiger partial charge < -0.3 is 11.1 Å². The lowest BCUT2D eigenvalue weighted by molar-refractivity contribution is 0.629. The van der Waals surface area contributed by atoms with Crippen molar-refractivity contribution in [2.45, 2.75) is 0 Å².